The third-order valence-electron chi connectivity index (χ3n) is 2.93. The van der Waals surface area contributed by atoms with Crippen LogP contribution in [0.5, 0.6) is 0 Å². The lowest BCUT2D eigenvalue weighted by Crippen LogP contribution is -1.90. The first-order chi connectivity index (χ1) is 9.67. The molecule has 3 heterocycles. The Bertz CT molecular complexity index is 730. The van der Waals surface area contributed by atoms with Crippen LogP contribution in [0.3, 0.4) is 0 Å². The lowest BCUT2D eigenvalue weighted by Gasteiger charge is -1.99. The second-order valence-electron chi connectivity index (χ2n) is 4.44. The van der Waals surface area contributed by atoms with Crippen LogP contribution in [0.4, 0.5) is 5.82 Å². The summed E-state index contributed by atoms with van der Waals surface area (Å²) in [7, 11) is 0. The first kappa shape index (κ1) is 12.8. The summed E-state index contributed by atoms with van der Waals surface area (Å²) in [6.07, 6.45) is 2.66. The molecule has 3 aromatic rings. The molecular weight excluding hydrogens is 272 g/mol. The summed E-state index contributed by atoms with van der Waals surface area (Å²) in [6, 6.07) is 5.62. The highest BCUT2D eigenvalue weighted by atomic mass is 32.1. The van der Waals surface area contributed by atoms with E-state index in [-0.39, 0.29) is 0 Å². The molecule has 0 aliphatic carbocycles. The van der Waals surface area contributed by atoms with Gasteiger partial charge in [-0.25, -0.2) is 9.97 Å². The van der Waals surface area contributed by atoms with E-state index < -0.39 is 0 Å². The summed E-state index contributed by atoms with van der Waals surface area (Å²) in [6.45, 7) is 3.98. The summed E-state index contributed by atoms with van der Waals surface area (Å²) in [4.78, 5) is 10.0. The molecule has 0 aromatic carbocycles. The number of nitrogens with two attached hydrogens (primary N) is 1. The lowest BCUT2D eigenvalue weighted by atomic mass is 10.1. The van der Waals surface area contributed by atoms with Crippen molar-refractivity contribution in [3.63, 3.8) is 0 Å². The Morgan fingerprint density at radius 1 is 1.35 bits per heavy atom. The van der Waals surface area contributed by atoms with Crippen molar-refractivity contribution in [2.24, 2.45) is 0 Å². The highest BCUT2D eigenvalue weighted by molar-refractivity contribution is 7.15. The van der Waals surface area contributed by atoms with Gasteiger partial charge in [0.1, 0.15) is 22.3 Å². The van der Waals surface area contributed by atoms with Crippen molar-refractivity contribution in [1.82, 2.24) is 15.1 Å². The van der Waals surface area contributed by atoms with E-state index in [2.05, 4.69) is 22.0 Å². The molecular formula is C14H14N4OS. The molecule has 0 amide bonds. The van der Waals surface area contributed by atoms with Crippen molar-refractivity contribution < 1.29 is 4.52 Å². The maximum atomic E-state index is 5.62. The first-order valence-corrected chi connectivity index (χ1v) is 7.14. The molecule has 0 fully saturated rings. The van der Waals surface area contributed by atoms with Crippen molar-refractivity contribution in [1.29, 1.82) is 0 Å². The van der Waals surface area contributed by atoms with E-state index in [0.717, 1.165) is 34.1 Å². The zero-order valence-corrected chi connectivity index (χ0v) is 12.1. The van der Waals surface area contributed by atoms with Gasteiger partial charge >= 0.3 is 0 Å². The fourth-order valence-electron chi connectivity index (χ4n) is 1.94. The maximum absolute atomic E-state index is 5.62. The monoisotopic (exact) mass is 286 g/mol. The van der Waals surface area contributed by atoms with E-state index >= 15 is 0 Å². The molecule has 3 aromatic heterocycles. The van der Waals surface area contributed by atoms with Crippen LogP contribution in [-0.4, -0.2) is 15.1 Å². The van der Waals surface area contributed by atoms with Crippen LogP contribution in [0.15, 0.2) is 28.9 Å². The number of nitrogen functional groups attached to an aromatic ring is 1. The van der Waals surface area contributed by atoms with Gasteiger partial charge in [-0.15, -0.1) is 11.3 Å². The Balaban J connectivity index is 2.07. The minimum Gasteiger partial charge on any atom is -0.384 e. The van der Waals surface area contributed by atoms with Crippen LogP contribution >= 0.6 is 11.3 Å². The van der Waals surface area contributed by atoms with Crippen molar-refractivity contribution in [2.45, 2.75) is 20.3 Å². The molecule has 20 heavy (non-hydrogen) atoms. The summed E-state index contributed by atoms with van der Waals surface area (Å²) in [5.41, 5.74) is 8.31. The molecule has 0 spiro atoms. The molecule has 0 saturated carbocycles. The van der Waals surface area contributed by atoms with Crippen molar-refractivity contribution in [3.8, 4) is 22.0 Å². The van der Waals surface area contributed by atoms with Gasteiger partial charge < -0.3 is 10.3 Å². The number of anilines is 1. The fourth-order valence-corrected chi connectivity index (χ4v) is 2.91. The number of hydrogen-bond donors (Lipinski definition) is 1. The van der Waals surface area contributed by atoms with Crippen LogP contribution in [0, 0.1) is 6.92 Å². The standard InChI is InChI=1S/C14H14N4OS/c1-3-11-13(9-4-5-12(15)16-7-9)17-14(20-11)10-6-8(2)19-18-10/h4-7H,3H2,1-2H3,(H2,15,16). The smallest absolute Gasteiger partial charge is 0.146 e. The second-order valence-corrected chi connectivity index (χ2v) is 5.52. The van der Waals surface area contributed by atoms with Gasteiger partial charge in [0.25, 0.3) is 0 Å². The maximum Gasteiger partial charge on any atom is 0.146 e. The summed E-state index contributed by atoms with van der Waals surface area (Å²) >= 11 is 1.63. The van der Waals surface area contributed by atoms with Crippen LogP contribution in [0.25, 0.3) is 22.0 Å². The number of pyridine rings is 1. The predicted octanol–water partition coefficient (Wildman–Crippen LogP) is 3.31. The van der Waals surface area contributed by atoms with Gasteiger partial charge in [-0.2, -0.15) is 0 Å². The van der Waals surface area contributed by atoms with E-state index in [4.69, 9.17) is 10.3 Å². The normalized spacial score (nSPS) is 10.9. The van der Waals surface area contributed by atoms with E-state index in [1.807, 2.05) is 19.1 Å². The molecule has 6 heteroatoms. The van der Waals surface area contributed by atoms with E-state index in [1.165, 1.54) is 4.88 Å². The van der Waals surface area contributed by atoms with Crippen molar-refractivity contribution >= 4 is 17.2 Å². The minimum atomic E-state index is 0.509. The Labute approximate surface area is 120 Å². The Morgan fingerprint density at radius 2 is 2.20 bits per heavy atom. The van der Waals surface area contributed by atoms with Gasteiger partial charge in [-0.05, 0) is 25.5 Å². The minimum absolute atomic E-state index is 0.509. The molecule has 0 aliphatic heterocycles. The summed E-state index contributed by atoms with van der Waals surface area (Å²) in [5.74, 6) is 1.29. The first-order valence-electron chi connectivity index (χ1n) is 6.32. The molecule has 0 bridgehead atoms. The zero-order valence-electron chi connectivity index (χ0n) is 11.3. The van der Waals surface area contributed by atoms with Gasteiger partial charge in [0.15, 0.2) is 0 Å². The number of aryl methyl sites for hydroxylation is 2. The highest BCUT2D eigenvalue weighted by Crippen LogP contribution is 2.33. The predicted molar refractivity (Wildman–Crippen MR) is 79.4 cm³/mol. The van der Waals surface area contributed by atoms with Gasteiger partial charge in [0, 0.05) is 22.7 Å². The number of thiazole rings is 1. The third kappa shape index (κ3) is 2.30. The topological polar surface area (TPSA) is 77.8 Å². The average Bonchev–Trinajstić information content (AvgIpc) is 3.05. The Kier molecular flexibility index (Phi) is 3.23. The van der Waals surface area contributed by atoms with E-state index in [0.29, 0.717) is 5.82 Å². The average molecular weight is 286 g/mol. The molecule has 102 valence electrons. The molecule has 0 unspecified atom stereocenters. The number of aromatic nitrogens is 3. The number of hydrogen-bond acceptors (Lipinski definition) is 6. The molecule has 0 radical (unpaired) electrons. The van der Waals surface area contributed by atoms with E-state index in [9.17, 15) is 0 Å². The second kappa shape index (κ2) is 5.05. The van der Waals surface area contributed by atoms with Gasteiger partial charge in [0.2, 0.25) is 0 Å². The lowest BCUT2D eigenvalue weighted by molar-refractivity contribution is 0.399. The van der Waals surface area contributed by atoms with Crippen LogP contribution in [-0.2, 0) is 6.42 Å². The van der Waals surface area contributed by atoms with Gasteiger partial charge in [0.05, 0.1) is 5.69 Å². The molecule has 3 rings (SSSR count). The zero-order chi connectivity index (χ0) is 14.1. The highest BCUT2D eigenvalue weighted by Gasteiger charge is 2.15. The quantitative estimate of drug-likeness (QED) is 0.799. The number of nitrogens with zero attached hydrogens (tertiary/aromatic N) is 3. The van der Waals surface area contributed by atoms with Crippen LogP contribution in [0.1, 0.15) is 17.6 Å². The van der Waals surface area contributed by atoms with Crippen molar-refractivity contribution in [2.75, 3.05) is 5.73 Å². The molecule has 0 aliphatic rings. The molecule has 0 atom stereocenters. The third-order valence-corrected chi connectivity index (χ3v) is 4.15. The molecule has 0 saturated heterocycles. The van der Waals surface area contributed by atoms with Crippen LogP contribution < -0.4 is 5.73 Å². The van der Waals surface area contributed by atoms with Gasteiger partial charge in [-0.3, -0.25) is 0 Å². The molecule has 2 N–H and O–H groups in total. The summed E-state index contributed by atoms with van der Waals surface area (Å²) in [5, 5.41) is 4.89. The Morgan fingerprint density at radius 3 is 2.80 bits per heavy atom. The van der Waals surface area contributed by atoms with Gasteiger partial charge in [-0.1, -0.05) is 12.1 Å². The fraction of sp³-hybridized carbons (Fsp3) is 0.214. The number of rotatable bonds is 3. The van der Waals surface area contributed by atoms with Crippen molar-refractivity contribution in [3.05, 3.63) is 35.0 Å². The molecule has 5 nitrogen and oxygen atoms in total. The van der Waals surface area contributed by atoms with Crippen LogP contribution in [0.2, 0.25) is 0 Å². The van der Waals surface area contributed by atoms with E-state index in [1.54, 1.807) is 23.6 Å². The SMILES string of the molecule is CCc1sc(-c2cc(C)on2)nc1-c1ccc(N)nc1. The summed E-state index contributed by atoms with van der Waals surface area (Å²) < 4.78 is 5.11. The Hall–Kier alpha value is -2.21. The largest absolute Gasteiger partial charge is 0.384 e.